The number of benzene rings is 1. The molecule has 212 valence electrons. The molecule has 0 radical (unpaired) electrons. The van der Waals surface area contributed by atoms with Crippen LogP contribution in [0.3, 0.4) is 0 Å². The summed E-state index contributed by atoms with van der Waals surface area (Å²) in [7, 11) is 4.78. The van der Waals surface area contributed by atoms with Crippen LogP contribution in [0.2, 0.25) is 0 Å². The molecule has 40 heavy (non-hydrogen) atoms. The number of aromatic hydroxyl groups is 1. The molecule has 0 aromatic heterocycles. The van der Waals surface area contributed by atoms with Gasteiger partial charge in [-0.05, 0) is 51.8 Å². The molecule has 1 saturated heterocycles. The Kier molecular flexibility index (Phi) is 6.98. The first-order valence-corrected chi connectivity index (χ1v) is 13.4. The summed E-state index contributed by atoms with van der Waals surface area (Å²) in [6.07, 6.45) is 0.670. The standard InChI is InChI=1S/C29H35N5O6/c1-12-7-15-8-17-19(10-30)34-18(23(33(17)4)21(15)25(36)27(12)39-5)9-16-22(20(34)11-32-29(38)14(3)31)26(37)28(40-6)13(2)24(16)35/h7,14,17-20,23,36H,8-9,11,31H2,1-6H3,(H,32,38)/t14-,17?,18-,19-,20?,23?/m0/s1. The van der Waals surface area contributed by atoms with Gasteiger partial charge in [0.1, 0.15) is 6.04 Å². The van der Waals surface area contributed by atoms with E-state index in [4.69, 9.17) is 15.2 Å². The van der Waals surface area contributed by atoms with Crippen LogP contribution >= 0.6 is 0 Å². The molecule has 5 rings (SSSR count). The lowest BCUT2D eigenvalue weighted by Crippen LogP contribution is -2.71. The van der Waals surface area contributed by atoms with Crippen LogP contribution in [0, 0.1) is 18.3 Å². The quantitative estimate of drug-likeness (QED) is 0.448. The van der Waals surface area contributed by atoms with E-state index in [0.29, 0.717) is 23.3 Å². The second kappa shape index (κ2) is 10.0. The van der Waals surface area contributed by atoms with Gasteiger partial charge in [0.2, 0.25) is 11.7 Å². The van der Waals surface area contributed by atoms with Gasteiger partial charge in [0.05, 0.1) is 38.4 Å². The maximum absolute atomic E-state index is 13.8. The Labute approximate surface area is 233 Å². The van der Waals surface area contributed by atoms with Gasteiger partial charge in [-0.25, -0.2) is 0 Å². The first kappa shape index (κ1) is 27.8. The number of aryl methyl sites for hydroxylation is 1. The summed E-state index contributed by atoms with van der Waals surface area (Å²) < 4.78 is 10.9. The summed E-state index contributed by atoms with van der Waals surface area (Å²) in [5, 5.41) is 24.8. The maximum Gasteiger partial charge on any atom is 0.236 e. The Morgan fingerprint density at radius 2 is 1.93 bits per heavy atom. The molecule has 1 aromatic rings. The molecule has 1 amide bonds. The topological polar surface area (TPSA) is 158 Å². The van der Waals surface area contributed by atoms with E-state index in [2.05, 4.69) is 16.3 Å². The highest BCUT2D eigenvalue weighted by atomic mass is 16.5. The van der Waals surface area contributed by atoms with Gasteiger partial charge in [-0.1, -0.05) is 6.07 Å². The van der Waals surface area contributed by atoms with Crippen molar-refractivity contribution >= 4 is 17.5 Å². The minimum absolute atomic E-state index is 0.0256. The zero-order valence-corrected chi connectivity index (χ0v) is 23.6. The highest BCUT2D eigenvalue weighted by molar-refractivity contribution is 6.25. The average Bonchev–Trinajstić information content (AvgIpc) is 2.91. The van der Waals surface area contributed by atoms with E-state index < -0.39 is 41.9 Å². The molecule has 4 aliphatic rings. The summed E-state index contributed by atoms with van der Waals surface area (Å²) in [5.74, 6) is -0.749. The molecule has 11 nitrogen and oxygen atoms in total. The van der Waals surface area contributed by atoms with E-state index in [1.807, 2.05) is 24.9 Å². The van der Waals surface area contributed by atoms with Crippen LogP contribution < -0.4 is 15.8 Å². The van der Waals surface area contributed by atoms with Crippen molar-refractivity contribution in [2.75, 3.05) is 27.8 Å². The predicted octanol–water partition coefficient (Wildman–Crippen LogP) is 0.788. The number of nitrogens with two attached hydrogens (primary N) is 1. The summed E-state index contributed by atoms with van der Waals surface area (Å²) in [5.41, 5.74) is 9.01. The first-order valence-electron chi connectivity index (χ1n) is 13.4. The number of rotatable bonds is 5. The average molecular weight is 550 g/mol. The Bertz CT molecular complexity index is 1420. The molecular weight excluding hydrogens is 514 g/mol. The third kappa shape index (κ3) is 3.85. The van der Waals surface area contributed by atoms with Crippen LogP contribution in [0.1, 0.15) is 43.0 Å². The van der Waals surface area contributed by atoms with Crippen molar-refractivity contribution in [3.05, 3.63) is 45.2 Å². The lowest BCUT2D eigenvalue weighted by molar-refractivity contribution is -0.125. The van der Waals surface area contributed by atoms with Crippen LogP contribution in [0.25, 0.3) is 0 Å². The predicted molar refractivity (Wildman–Crippen MR) is 144 cm³/mol. The van der Waals surface area contributed by atoms with Crippen molar-refractivity contribution in [2.45, 2.75) is 69.9 Å². The summed E-state index contributed by atoms with van der Waals surface area (Å²) >= 11 is 0. The number of piperazine rings is 1. The van der Waals surface area contributed by atoms with E-state index in [-0.39, 0.29) is 47.4 Å². The van der Waals surface area contributed by atoms with E-state index in [9.17, 15) is 24.8 Å². The van der Waals surface area contributed by atoms with Crippen LogP contribution in [0.15, 0.2) is 28.5 Å². The molecule has 1 aliphatic carbocycles. The Balaban J connectivity index is 1.72. The molecule has 6 atom stereocenters. The van der Waals surface area contributed by atoms with Gasteiger partial charge in [0.15, 0.2) is 23.0 Å². The molecule has 3 unspecified atom stereocenters. The van der Waals surface area contributed by atoms with Crippen molar-refractivity contribution in [3.63, 3.8) is 0 Å². The number of methoxy groups -OCH3 is 2. The second-order valence-electron chi connectivity index (χ2n) is 11.1. The zero-order valence-electron chi connectivity index (χ0n) is 23.6. The number of amides is 1. The molecule has 4 N–H and O–H groups in total. The lowest BCUT2D eigenvalue weighted by Gasteiger charge is -2.60. The van der Waals surface area contributed by atoms with Crippen molar-refractivity contribution < 1.29 is 29.0 Å². The fraction of sp³-hybridized carbons (Fsp3) is 0.517. The molecule has 1 fully saturated rings. The highest BCUT2D eigenvalue weighted by Gasteiger charge is 2.57. The van der Waals surface area contributed by atoms with E-state index >= 15 is 0 Å². The number of likely N-dealkylation sites (N-methyl/N-ethyl adjacent to an activating group) is 1. The number of hydrogen-bond donors (Lipinski definition) is 3. The molecular formula is C29H35N5O6. The van der Waals surface area contributed by atoms with Crippen LogP contribution in [0.5, 0.6) is 11.5 Å². The van der Waals surface area contributed by atoms with Crippen LogP contribution in [0.4, 0.5) is 0 Å². The largest absolute Gasteiger partial charge is 0.504 e. The number of nitrogens with zero attached hydrogens (tertiary/aromatic N) is 3. The third-order valence-corrected chi connectivity index (χ3v) is 8.95. The van der Waals surface area contributed by atoms with Gasteiger partial charge >= 0.3 is 0 Å². The number of ether oxygens (including phenoxy) is 2. The van der Waals surface area contributed by atoms with Crippen molar-refractivity contribution in [1.82, 2.24) is 15.1 Å². The molecule has 3 aliphatic heterocycles. The monoisotopic (exact) mass is 549 g/mol. The zero-order chi connectivity index (χ0) is 29.2. The Morgan fingerprint density at radius 1 is 1.23 bits per heavy atom. The smallest absolute Gasteiger partial charge is 0.236 e. The lowest BCUT2D eigenvalue weighted by atomic mass is 9.69. The summed E-state index contributed by atoms with van der Waals surface area (Å²) in [6, 6.07) is 1.07. The number of Topliss-reactive ketones (excluding diaryl/α,β-unsaturated/α-hetero) is 2. The summed E-state index contributed by atoms with van der Waals surface area (Å²) in [6.45, 7) is 4.97. The van der Waals surface area contributed by atoms with Gasteiger partial charge in [-0.2, -0.15) is 5.26 Å². The maximum atomic E-state index is 13.8. The van der Waals surface area contributed by atoms with Gasteiger partial charge in [0, 0.05) is 40.9 Å². The van der Waals surface area contributed by atoms with E-state index in [1.165, 1.54) is 14.2 Å². The SMILES string of the molecule is COC1=C(C)C(=O)C2=C(C1=O)C(CNC(=O)[C@H](C)N)N1[C@@H](C#N)C3Cc4cc(C)c(OC)c(O)c4C([C@@H]1C2)N3C. The molecule has 1 aromatic carbocycles. The fourth-order valence-electron chi connectivity index (χ4n) is 7.17. The first-order chi connectivity index (χ1) is 19.0. The number of carbonyl (C=O) groups excluding carboxylic acids is 3. The number of hydrogen-bond acceptors (Lipinski definition) is 10. The minimum atomic E-state index is -0.787. The van der Waals surface area contributed by atoms with Gasteiger partial charge < -0.3 is 25.6 Å². The number of phenolic OH excluding ortho intramolecular Hbond substituents is 1. The Hall–Kier alpha value is -3.72. The molecule has 2 bridgehead atoms. The van der Waals surface area contributed by atoms with Gasteiger partial charge in [-0.15, -0.1) is 0 Å². The number of carbonyl (C=O) groups is 3. The number of phenols is 1. The minimum Gasteiger partial charge on any atom is -0.504 e. The van der Waals surface area contributed by atoms with Crippen molar-refractivity contribution in [1.29, 1.82) is 5.26 Å². The number of fused-ring (bicyclic) bond motifs is 6. The Morgan fingerprint density at radius 3 is 2.52 bits per heavy atom. The normalized spacial score (nSPS) is 28.8. The fourth-order valence-corrected chi connectivity index (χ4v) is 7.17. The number of nitriles is 1. The number of nitrogens with one attached hydrogen (secondary N) is 1. The second-order valence-corrected chi connectivity index (χ2v) is 11.1. The van der Waals surface area contributed by atoms with Gasteiger partial charge in [0.25, 0.3) is 0 Å². The van der Waals surface area contributed by atoms with Crippen LogP contribution in [-0.4, -0.2) is 90.4 Å². The molecule has 3 heterocycles. The van der Waals surface area contributed by atoms with Gasteiger partial charge in [-0.3, -0.25) is 24.2 Å². The van der Waals surface area contributed by atoms with Crippen molar-refractivity contribution in [2.24, 2.45) is 5.73 Å². The number of ketones is 2. The van der Waals surface area contributed by atoms with E-state index in [0.717, 1.165) is 11.1 Å². The highest BCUT2D eigenvalue weighted by Crippen LogP contribution is 2.53. The van der Waals surface area contributed by atoms with Crippen molar-refractivity contribution in [3.8, 4) is 17.6 Å². The molecule has 11 heteroatoms. The molecule has 0 spiro atoms. The van der Waals surface area contributed by atoms with E-state index in [1.54, 1.807) is 13.8 Å². The molecule has 0 saturated carbocycles. The van der Waals surface area contributed by atoms with Crippen LogP contribution in [-0.2, 0) is 25.5 Å². The third-order valence-electron chi connectivity index (χ3n) is 8.95. The summed E-state index contributed by atoms with van der Waals surface area (Å²) in [4.78, 5) is 44.1. The number of allylic oxidation sites excluding steroid dienone is 2.